The molecule has 0 atom stereocenters. The van der Waals surface area contributed by atoms with E-state index in [2.05, 4.69) is 75.1 Å². The van der Waals surface area contributed by atoms with Gasteiger partial charge in [0.15, 0.2) is 0 Å². The summed E-state index contributed by atoms with van der Waals surface area (Å²) in [4.78, 5) is 18.4. The number of aromatic amines is 1. The third-order valence-corrected chi connectivity index (χ3v) is 7.91. The molecule has 3 aromatic carbocycles. The molecule has 3 heterocycles. The molecule has 2 aliphatic rings. The van der Waals surface area contributed by atoms with Crippen LogP contribution in [0.4, 0.5) is 5.69 Å². The van der Waals surface area contributed by atoms with E-state index >= 15 is 0 Å². The van der Waals surface area contributed by atoms with Crippen molar-refractivity contribution < 1.29 is 0 Å². The normalized spacial score (nSPS) is 14.4. The van der Waals surface area contributed by atoms with E-state index in [0.29, 0.717) is 11.8 Å². The molecule has 0 bridgehead atoms. The second-order valence-corrected chi connectivity index (χ2v) is 10.9. The summed E-state index contributed by atoms with van der Waals surface area (Å²) in [5.41, 5.74) is 12.3. The molecule has 5 aromatic rings. The van der Waals surface area contributed by atoms with E-state index in [0.717, 1.165) is 47.4 Å². The first-order valence-electron chi connectivity index (χ1n) is 13.1. The predicted octanol–water partition coefficient (Wildman–Crippen LogP) is 7.95. The van der Waals surface area contributed by atoms with Gasteiger partial charge < -0.3 is 4.98 Å². The van der Waals surface area contributed by atoms with Crippen molar-refractivity contribution in [2.45, 2.75) is 52.9 Å². The molecule has 36 heavy (non-hydrogen) atoms. The fourth-order valence-corrected chi connectivity index (χ4v) is 5.87. The fourth-order valence-electron chi connectivity index (χ4n) is 5.87. The highest BCUT2D eigenvalue weighted by Crippen LogP contribution is 2.43. The highest BCUT2D eigenvalue weighted by atomic mass is 14.9. The maximum atomic E-state index is 5.06. The molecule has 7 rings (SSSR count). The van der Waals surface area contributed by atoms with Crippen LogP contribution in [0.1, 0.15) is 56.3 Å². The van der Waals surface area contributed by atoms with Crippen LogP contribution in [0.25, 0.3) is 44.1 Å². The molecular formula is C32H30N4. The minimum absolute atomic E-state index is 0.405. The maximum absolute atomic E-state index is 5.06. The van der Waals surface area contributed by atoms with Crippen molar-refractivity contribution in [1.82, 2.24) is 15.0 Å². The molecule has 178 valence electrons. The molecule has 0 saturated heterocycles. The van der Waals surface area contributed by atoms with Crippen LogP contribution in [0.5, 0.6) is 0 Å². The second-order valence-electron chi connectivity index (χ2n) is 10.9. The number of hydrogen-bond donors (Lipinski definition) is 1. The summed E-state index contributed by atoms with van der Waals surface area (Å²) in [5.74, 6) is 1.94. The van der Waals surface area contributed by atoms with Crippen molar-refractivity contribution in [3.63, 3.8) is 0 Å². The molecule has 2 aromatic heterocycles. The molecule has 0 saturated carbocycles. The van der Waals surface area contributed by atoms with Gasteiger partial charge in [-0.1, -0.05) is 58.0 Å². The Balaban J connectivity index is 1.36. The lowest BCUT2D eigenvalue weighted by Gasteiger charge is -2.17. The molecule has 4 heteroatoms. The average molecular weight is 471 g/mol. The largest absolute Gasteiger partial charge is 0.345 e. The zero-order chi connectivity index (χ0) is 24.6. The van der Waals surface area contributed by atoms with Gasteiger partial charge in [0.05, 0.1) is 16.9 Å². The number of rotatable bonds is 3. The number of aromatic nitrogens is 3. The quantitative estimate of drug-likeness (QED) is 0.272. The number of nitrogens with zero attached hydrogens (tertiary/aromatic N) is 3. The van der Waals surface area contributed by atoms with Crippen molar-refractivity contribution in [1.29, 1.82) is 0 Å². The Morgan fingerprint density at radius 1 is 0.833 bits per heavy atom. The van der Waals surface area contributed by atoms with E-state index < -0.39 is 0 Å². The van der Waals surface area contributed by atoms with Crippen molar-refractivity contribution in [3.8, 4) is 22.4 Å². The highest BCUT2D eigenvalue weighted by molar-refractivity contribution is 6.17. The number of pyridine rings is 1. The zero-order valence-electron chi connectivity index (χ0n) is 21.3. The Morgan fingerprint density at radius 2 is 1.67 bits per heavy atom. The minimum atomic E-state index is 0.405. The van der Waals surface area contributed by atoms with Crippen LogP contribution in [-0.4, -0.2) is 20.7 Å². The summed E-state index contributed by atoms with van der Waals surface area (Å²) in [6.07, 6.45) is 4.88. The molecule has 0 fully saturated rings. The van der Waals surface area contributed by atoms with Gasteiger partial charge in [0.2, 0.25) is 0 Å². The van der Waals surface area contributed by atoms with Crippen LogP contribution < -0.4 is 0 Å². The Kier molecular flexibility index (Phi) is 4.69. The molecule has 1 aliphatic heterocycles. The van der Waals surface area contributed by atoms with E-state index in [1.807, 2.05) is 12.3 Å². The molecule has 1 aliphatic carbocycles. The van der Waals surface area contributed by atoms with Gasteiger partial charge in [0.1, 0.15) is 5.82 Å². The molecule has 0 unspecified atom stereocenters. The molecular weight excluding hydrogens is 440 g/mol. The highest BCUT2D eigenvalue weighted by Gasteiger charge is 2.24. The smallest absolute Gasteiger partial charge is 0.109 e. The van der Waals surface area contributed by atoms with Gasteiger partial charge in [-0.25, -0.2) is 4.98 Å². The fraction of sp³-hybridized carbons (Fsp3) is 0.281. The summed E-state index contributed by atoms with van der Waals surface area (Å²) in [7, 11) is 0. The third-order valence-electron chi connectivity index (χ3n) is 7.91. The summed E-state index contributed by atoms with van der Waals surface area (Å²) in [6, 6.07) is 18.0. The van der Waals surface area contributed by atoms with Gasteiger partial charge in [-0.2, -0.15) is 0 Å². The van der Waals surface area contributed by atoms with Gasteiger partial charge in [-0.3, -0.25) is 9.98 Å². The van der Waals surface area contributed by atoms with Crippen LogP contribution in [0.3, 0.4) is 0 Å². The van der Waals surface area contributed by atoms with Crippen molar-refractivity contribution in [2.24, 2.45) is 10.9 Å². The van der Waals surface area contributed by atoms with Crippen LogP contribution >= 0.6 is 0 Å². The minimum Gasteiger partial charge on any atom is -0.345 e. The van der Waals surface area contributed by atoms with Crippen molar-refractivity contribution >= 4 is 33.1 Å². The van der Waals surface area contributed by atoms with Crippen molar-refractivity contribution in [3.05, 3.63) is 77.4 Å². The lowest BCUT2D eigenvalue weighted by atomic mass is 9.88. The number of H-pyrrole nitrogens is 1. The SMILES string of the molecule is CC(C)C1=Nc2c(c3ccc(-c4ccc5c(c4)CCc4[nH]c(C(C)C)nc4-5)cc3c3ncccc23)C1. The molecule has 0 radical (unpaired) electrons. The Hall–Kier alpha value is -3.79. The topological polar surface area (TPSA) is 53.9 Å². The molecule has 1 N–H and O–H groups in total. The first kappa shape index (κ1) is 21.5. The first-order chi connectivity index (χ1) is 17.5. The number of aliphatic imine (C=N–C) groups is 1. The molecule has 0 spiro atoms. The number of nitrogens with one attached hydrogen (secondary N) is 1. The number of benzene rings is 3. The van der Waals surface area contributed by atoms with Gasteiger partial charge >= 0.3 is 0 Å². The standard InChI is InChI=1S/C32H30N4/c1-17(2)28-16-26-23-11-8-20(15-25(23)29-24(30(26)34-28)6-5-13-33-29)19-7-10-22-21(14-19)9-12-27-31(22)36-32(35-27)18(3)4/h5-8,10-11,13-15,17-18H,9,12,16H2,1-4H3,(H,35,36). The predicted molar refractivity (Wildman–Crippen MR) is 149 cm³/mol. The maximum Gasteiger partial charge on any atom is 0.109 e. The van der Waals surface area contributed by atoms with Gasteiger partial charge in [-0.15, -0.1) is 0 Å². The lowest BCUT2D eigenvalue weighted by Crippen LogP contribution is -2.06. The van der Waals surface area contributed by atoms with Crippen LogP contribution in [-0.2, 0) is 19.3 Å². The number of fused-ring (bicyclic) bond motifs is 9. The van der Waals surface area contributed by atoms with Gasteiger partial charge in [-0.05, 0) is 64.6 Å². The second kappa shape index (κ2) is 7.86. The summed E-state index contributed by atoms with van der Waals surface area (Å²) >= 11 is 0. The Bertz CT molecular complexity index is 1720. The van der Waals surface area contributed by atoms with Gasteiger partial charge in [0, 0.05) is 46.3 Å². The van der Waals surface area contributed by atoms with E-state index in [1.54, 1.807) is 0 Å². The van der Waals surface area contributed by atoms with Crippen LogP contribution in [0, 0.1) is 5.92 Å². The lowest BCUT2D eigenvalue weighted by molar-refractivity contribution is 0.787. The first-order valence-corrected chi connectivity index (χ1v) is 13.1. The number of hydrogen-bond acceptors (Lipinski definition) is 3. The molecule has 4 nitrogen and oxygen atoms in total. The van der Waals surface area contributed by atoms with E-state index in [-0.39, 0.29) is 0 Å². The zero-order valence-corrected chi connectivity index (χ0v) is 21.3. The van der Waals surface area contributed by atoms with Gasteiger partial charge in [0.25, 0.3) is 0 Å². The van der Waals surface area contributed by atoms with E-state index in [1.165, 1.54) is 50.0 Å². The van der Waals surface area contributed by atoms with Crippen molar-refractivity contribution in [2.75, 3.05) is 0 Å². The van der Waals surface area contributed by atoms with E-state index in [9.17, 15) is 0 Å². The molecule has 0 amide bonds. The Morgan fingerprint density at radius 3 is 2.50 bits per heavy atom. The van der Waals surface area contributed by atoms with E-state index in [4.69, 9.17) is 15.0 Å². The third kappa shape index (κ3) is 3.17. The summed E-state index contributed by atoms with van der Waals surface area (Å²) in [6.45, 7) is 8.85. The Labute approximate surface area is 211 Å². The van der Waals surface area contributed by atoms with Crippen LogP contribution in [0.15, 0.2) is 59.7 Å². The summed E-state index contributed by atoms with van der Waals surface area (Å²) < 4.78 is 0. The monoisotopic (exact) mass is 470 g/mol. The number of imidazole rings is 1. The average Bonchev–Trinajstić information content (AvgIpc) is 3.54. The van der Waals surface area contributed by atoms with Crippen LogP contribution in [0.2, 0.25) is 0 Å². The summed E-state index contributed by atoms with van der Waals surface area (Å²) in [5, 5.41) is 3.65. The number of aryl methyl sites for hydroxylation is 2.